The van der Waals surface area contributed by atoms with E-state index >= 15 is 0 Å². The standard InChI is InChI=1S/C24H20ClF3N2O4S2/c25-17-4-1-12(22(31)30-15-10-18(26)21(28)19(27)11-15)7-20(17)36(33,34)16-8-13-2-3-14(9-16)24(13,32)23-29-5-6-35-23/h1,4-7,10-11,13-14,16,32H,2-3,8-9H2,(H,30,31). The summed E-state index contributed by atoms with van der Waals surface area (Å²) in [5.74, 6) is -6.04. The molecule has 36 heavy (non-hydrogen) atoms. The molecule has 0 saturated heterocycles. The molecule has 190 valence electrons. The number of amides is 1. The van der Waals surface area contributed by atoms with Gasteiger partial charge in [0.1, 0.15) is 10.6 Å². The molecule has 5 rings (SSSR count). The Morgan fingerprint density at radius 2 is 1.75 bits per heavy atom. The summed E-state index contributed by atoms with van der Waals surface area (Å²) < 4.78 is 67.5. The number of aromatic nitrogens is 1. The Balaban J connectivity index is 1.41. The number of benzene rings is 2. The maximum atomic E-state index is 13.6. The summed E-state index contributed by atoms with van der Waals surface area (Å²) in [4.78, 5) is 16.7. The summed E-state index contributed by atoms with van der Waals surface area (Å²) in [6.45, 7) is 0. The van der Waals surface area contributed by atoms with Gasteiger partial charge in [0.15, 0.2) is 27.3 Å². The predicted molar refractivity (Wildman–Crippen MR) is 128 cm³/mol. The highest BCUT2D eigenvalue weighted by Gasteiger charge is 2.57. The molecule has 2 N–H and O–H groups in total. The molecule has 2 unspecified atom stereocenters. The third-order valence-electron chi connectivity index (χ3n) is 7.16. The van der Waals surface area contributed by atoms with E-state index in [1.54, 1.807) is 11.6 Å². The normalized spacial score (nSPS) is 25.6. The van der Waals surface area contributed by atoms with Gasteiger partial charge in [-0.25, -0.2) is 26.6 Å². The van der Waals surface area contributed by atoms with Gasteiger partial charge < -0.3 is 10.4 Å². The molecule has 0 radical (unpaired) electrons. The first-order valence-corrected chi connectivity index (χ1v) is 13.9. The van der Waals surface area contributed by atoms with Gasteiger partial charge in [0.25, 0.3) is 5.91 Å². The smallest absolute Gasteiger partial charge is 0.255 e. The molecule has 2 saturated carbocycles. The Bertz CT molecular complexity index is 1410. The zero-order chi connectivity index (χ0) is 25.8. The van der Waals surface area contributed by atoms with Crippen molar-refractivity contribution >= 4 is 44.4 Å². The fraction of sp³-hybridized carbons (Fsp3) is 0.333. The lowest BCUT2D eigenvalue weighted by molar-refractivity contribution is -0.0647. The highest BCUT2D eigenvalue weighted by molar-refractivity contribution is 7.92. The molecule has 1 aromatic heterocycles. The lowest BCUT2D eigenvalue weighted by Crippen LogP contribution is -2.45. The second-order valence-corrected chi connectivity index (χ2v) is 12.6. The fourth-order valence-corrected chi connectivity index (χ4v) is 8.69. The number of nitrogens with one attached hydrogen (secondary N) is 1. The average molecular weight is 557 g/mol. The molecule has 6 nitrogen and oxygen atoms in total. The number of carbonyl (C=O) groups is 1. The van der Waals surface area contributed by atoms with E-state index in [-0.39, 0.29) is 45.8 Å². The van der Waals surface area contributed by atoms with Crippen LogP contribution in [0.1, 0.15) is 41.0 Å². The van der Waals surface area contributed by atoms with Gasteiger partial charge in [-0.15, -0.1) is 11.3 Å². The maximum absolute atomic E-state index is 13.6. The summed E-state index contributed by atoms with van der Waals surface area (Å²) in [5, 5.41) is 15.2. The maximum Gasteiger partial charge on any atom is 0.255 e. The molecule has 2 bridgehead atoms. The summed E-state index contributed by atoms with van der Waals surface area (Å²) in [5.41, 5.74) is -1.60. The summed E-state index contributed by atoms with van der Waals surface area (Å²) in [6, 6.07) is 4.89. The fourth-order valence-electron chi connectivity index (χ4n) is 5.40. The molecule has 0 aliphatic heterocycles. The SMILES string of the molecule is O=C(Nc1cc(F)c(F)c(F)c1)c1ccc(Cl)c(S(=O)(=O)C2CC3CCC(C2)C3(O)c2nccs2)c1. The third kappa shape index (κ3) is 4.11. The number of sulfone groups is 1. The quantitative estimate of drug-likeness (QED) is 0.415. The topological polar surface area (TPSA) is 96.4 Å². The first-order valence-electron chi connectivity index (χ1n) is 11.1. The van der Waals surface area contributed by atoms with Crippen molar-refractivity contribution < 1.29 is 31.5 Å². The number of nitrogens with zero attached hydrogens (tertiary/aromatic N) is 1. The van der Waals surface area contributed by atoms with Gasteiger partial charge in [-0.2, -0.15) is 0 Å². The first-order chi connectivity index (χ1) is 17.0. The third-order valence-corrected chi connectivity index (χ3v) is 10.7. The number of rotatable bonds is 5. The molecule has 2 aliphatic carbocycles. The number of fused-ring (bicyclic) bond motifs is 2. The largest absolute Gasteiger partial charge is 0.382 e. The number of hydrogen-bond acceptors (Lipinski definition) is 6. The van der Waals surface area contributed by atoms with Gasteiger partial charge in [-0.1, -0.05) is 11.6 Å². The molecule has 12 heteroatoms. The average Bonchev–Trinajstić information content (AvgIpc) is 3.40. The molecular formula is C24H20ClF3N2O4S2. The highest BCUT2D eigenvalue weighted by atomic mass is 35.5. The summed E-state index contributed by atoms with van der Waals surface area (Å²) in [6.07, 6.45) is 3.40. The molecule has 2 fully saturated rings. The van der Waals surface area contributed by atoms with Crippen molar-refractivity contribution in [3.05, 3.63) is 75.0 Å². The van der Waals surface area contributed by atoms with E-state index in [9.17, 15) is 31.5 Å². The predicted octanol–water partition coefficient (Wildman–Crippen LogP) is 5.32. The van der Waals surface area contributed by atoms with E-state index in [1.165, 1.54) is 23.5 Å². The van der Waals surface area contributed by atoms with Crippen molar-refractivity contribution in [1.29, 1.82) is 0 Å². The van der Waals surface area contributed by atoms with Gasteiger partial charge in [0.2, 0.25) is 0 Å². The zero-order valence-corrected chi connectivity index (χ0v) is 20.9. The Labute approximate surface area is 214 Å². The minimum atomic E-state index is -4.00. The van der Waals surface area contributed by atoms with Gasteiger partial charge in [0.05, 0.1) is 15.2 Å². The number of thiazole rings is 1. The number of halogens is 4. The molecule has 1 heterocycles. The molecule has 2 aliphatic rings. The van der Waals surface area contributed by atoms with E-state index in [0.717, 1.165) is 6.07 Å². The van der Waals surface area contributed by atoms with E-state index in [2.05, 4.69) is 10.3 Å². The minimum Gasteiger partial charge on any atom is -0.382 e. The van der Waals surface area contributed by atoms with E-state index in [4.69, 9.17) is 11.6 Å². The van der Waals surface area contributed by atoms with Crippen molar-refractivity contribution in [2.75, 3.05) is 5.32 Å². The van der Waals surface area contributed by atoms with E-state index in [1.807, 2.05) is 0 Å². The van der Waals surface area contributed by atoms with Crippen LogP contribution in [0.4, 0.5) is 18.9 Å². The van der Waals surface area contributed by atoms with Crippen molar-refractivity contribution in [3.8, 4) is 0 Å². The van der Waals surface area contributed by atoms with Crippen LogP contribution >= 0.6 is 22.9 Å². The van der Waals surface area contributed by atoms with Crippen LogP contribution < -0.4 is 5.32 Å². The number of aliphatic hydroxyl groups is 1. The van der Waals surface area contributed by atoms with Crippen LogP contribution in [0.2, 0.25) is 5.02 Å². The molecule has 3 aromatic rings. The lowest BCUT2D eigenvalue weighted by Gasteiger charge is -2.41. The Morgan fingerprint density at radius 1 is 1.11 bits per heavy atom. The van der Waals surface area contributed by atoms with Crippen molar-refractivity contribution in [2.45, 2.75) is 41.4 Å². The zero-order valence-electron chi connectivity index (χ0n) is 18.5. The van der Waals surface area contributed by atoms with Gasteiger partial charge in [-0.05, 0) is 55.7 Å². The minimum absolute atomic E-state index is 0.0708. The Morgan fingerprint density at radius 3 is 2.33 bits per heavy atom. The van der Waals surface area contributed by atoms with Crippen molar-refractivity contribution in [2.24, 2.45) is 11.8 Å². The van der Waals surface area contributed by atoms with Crippen LogP contribution in [0, 0.1) is 29.3 Å². The second-order valence-electron chi connectivity index (χ2n) is 9.13. The van der Waals surface area contributed by atoms with Crippen LogP contribution in [0.5, 0.6) is 0 Å². The van der Waals surface area contributed by atoms with Gasteiger partial charge in [-0.3, -0.25) is 4.79 Å². The van der Waals surface area contributed by atoms with Crippen LogP contribution in [0.3, 0.4) is 0 Å². The lowest BCUT2D eigenvalue weighted by atomic mass is 9.74. The molecule has 2 aromatic carbocycles. The van der Waals surface area contributed by atoms with E-state index < -0.39 is 44.0 Å². The second kappa shape index (κ2) is 9.13. The molecular weight excluding hydrogens is 537 g/mol. The van der Waals surface area contributed by atoms with Crippen LogP contribution in [-0.4, -0.2) is 29.7 Å². The van der Waals surface area contributed by atoms with E-state index in [0.29, 0.717) is 30.0 Å². The van der Waals surface area contributed by atoms with Gasteiger partial charge >= 0.3 is 0 Å². The Kier molecular flexibility index (Phi) is 6.39. The molecule has 2 atom stereocenters. The number of carbonyl (C=O) groups excluding carboxylic acids is 1. The van der Waals surface area contributed by atoms with Gasteiger partial charge in [0, 0.05) is 35.0 Å². The highest BCUT2D eigenvalue weighted by Crippen LogP contribution is 2.57. The number of hydrogen-bond donors (Lipinski definition) is 2. The molecule has 1 amide bonds. The summed E-state index contributed by atoms with van der Waals surface area (Å²) in [7, 11) is -4.00. The van der Waals surface area contributed by atoms with Crippen molar-refractivity contribution in [3.63, 3.8) is 0 Å². The van der Waals surface area contributed by atoms with Crippen LogP contribution in [0.25, 0.3) is 0 Å². The van der Waals surface area contributed by atoms with Crippen LogP contribution in [0.15, 0.2) is 46.8 Å². The van der Waals surface area contributed by atoms with Crippen molar-refractivity contribution in [1.82, 2.24) is 4.98 Å². The Hall–Kier alpha value is -2.47. The summed E-state index contributed by atoms with van der Waals surface area (Å²) >= 11 is 7.59. The van der Waals surface area contributed by atoms with Crippen LogP contribution in [-0.2, 0) is 15.4 Å². The number of anilines is 1. The molecule has 0 spiro atoms. The monoisotopic (exact) mass is 556 g/mol. The first kappa shape index (κ1) is 25.2.